The third kappa shape index (κ3) is 8.00. The van der Waals surface area contributed by atoms with E-state index in [-0.39, 0.29) is 11.5 Å². The molecule has 6 rings (SSSR count). The Morgan fingerprint density at radius 1 is 1.06 bits per heavy atom. The first-order valence-corrected chi connectivity index (χ1v) is 16.3. The quantitative estimate of drug-likeness (QED) is 0.170. The number of pyridine rings is 1. The molecule has 4 heterocycles. The SMILES string of the molecule is Nc1ccnc(-c2cncc(-c3cc(C=C4SC(=S)N(CCc5ccc(C(=O)O)cc5)C4=O)ccc3OCCN3CCOCC3)c2)n1. The van der Waals surface area contributed by atoms with Gasteiger partial charge in [-0.25, -0.2) is 14.8 Å². The van der Waals surface area contributed by atoms with Gasteiger partial charge in [-0.2, -0.15) is 0 Å². The van der Waals surface area contributed by atoms with Crippen LogP contribution in [0.4, 0.5) is 5.82 Å². The van der Waals surface area contributed by atoms with E-state index in [1.165, 1.54) is 11.8 Å². The summed E-state index contributed by atoms with van der Waals surface area (Å²) in [5.74, 6) is 0.366. The number of hydrogen-bond acceptors (Lipinski definition) is 11. The topological polar surface area (TPSA) is 144 Å². The van der Waals surface area contributed by atoms with Crippen molar-refractivity contribution < 1.29 is 24.2 Å². The normalized spacial score (nSPS) is 16.2. The van der Waals surface area contributed by atoms with Crippen LogP contribution in [-0.4, -0.2) is 92.1 Å². The summed E-state index contributed by atoms with van der Waals surface area (Å²) in [6, 6.07) is 16.0. The molecule has 2 aliphatic rings. The summed E-state index contributed by atoms with van der Waals surface area (Å²) in [6.45, 7) is 4.84. The maximum Gasteiger partial charge on any atom is 0.335 e. The van der Waals surface area contributed by atoms with E-state index in [9.17, 15) is 9.59 Å². The lowest BCUT2D eigenvalue weighted by Gasteiger charge is -2.26. The lowest BCUT2D eigenvalue weighted by molar-refractivity contribution is -0.122. The summed E-state index contributed by atoms with van der Waals surface area (Å²) in [6.07, 6.45) is 7.43. The van der Waals surface area contributed by atoms with E-state index in [4.69, 9.17) is 32.5 Å². The van der Waals surface area contributed by atoms with Crippen molar-refractivity contribution >= 4 is 52.1 Å². The van der Waals surface area contributed by atoms with Gasteiger partial charge in [0, 0.05) is 61.5 Å². The zero-order valence-electron chi connectivity index (χ0n) is 25.4. The number of morpholine rings is 1. The number of ether oxygens (including phenoxy) is 2. The number of nitrogen functional groups attached to an aromatic ring is 1. The van der Waals surface area contributed by atoms with Gasteiger partial charge >= 0.3 is 5.97 Å². The van der Waals surface area contributed by atoms with E-state index < -0.39 is 5.97 Å². The number of nitrogens with zero attached hydrogens (tertiary/aromatic N) is 5. The fourth-order valence-corrected chi connectivity index (χ4v) is 6.53. The van der Waals surface area contributed by atoms with E-state index in [0.717, 1.165) is 55.1 Å². The van der Waals surface area contributed by atoms with Crippen molar-refractivity contribution in [1.29, 1.82) is 0 Å². The monoisotopic (exact) mass is 668 g/mol. The second kappa shape index (κ2) is 14.8. The molecule has 0 saturated carbocycles. The first-order chi connectivity index (χ1) is 22.8. The Morgan fingerprint density at radius 2 is 1.85 bits per heavy atom. The highest BCUT2D eigenvalue weighted by Gasteiger charge is 2.31. The molecule has 2 fully saturated rings. The fourth-order valence-electron chi connectivity index (χ4n) is 5.22. The molecule has 0 atom stereocenters. The van der Waals surface area contributed by atoms with Crippen LogP contribution in [0.25, 0.3) is 28.6 Å². The van der Waals surface area contributed by atoms with Gasteiger partial charge in [-0.1, -0.05) is 42.2 Å². The van der Waals surface area contributed by atoms with Gasteiger partial charge in [0.1, 0.15) is 22.5 Å². The number of nitrogens with two attached hydrogens (primary N) is 1. The Hall–Kier alpha value is -4.69. The predicted molar refractivity (Wildman–Crippen MR) is 185 cm³/mol. The van der Waals surface area contributed by atoms with Crippen LogP contribution in [0.15, 0.2) is 78.1 Å². The Balaban J connectivity index is 1.24. The molecule has 3 N–H and O–H groups in total. The second-order valence-electron chi connectivity index (χ2n) is 10.9. The second-order valence-corrected chi connectivity index (χ2v) is 12.6. The van der Waals surface area contributed by atoms with Crippen LogP contribution >= 0.6 is 24.0 Å². The smallest absolute Gasteiger partial charge is 0.335 e. The van der Waals surface area contributed by atoms with Crippen LogP contribution in [0.1, 0.15) is 21.5 Å². The number of aromatic nitrogens is 3. The molecule has 13 heteroatoms. The predicted octanol–water partition coefficient (Wildman–Crippen LogP) is 4.64. The molecular weight excluding hydrogens is 637 g/mol. The van der Waals surface area contributed by atoms with Gasteiger partial charge in [-0.3, -0.25) is 19.6 Å². The van der Waals surface area contributed by atoms with Crippen LogP contribution < -0.4 is 10.5 Å². The average Bonchev–Trinajstić information content (AvgIpc) is 3.35. The highest BCUT2D eigenvalue weighted by Crippen LogP contribution is 2.36. The van der Waals surface area contributed by atoms with Gasteiger partial charge in [-0.15, -0.1) is 0 Å². The highest BCUT2D eigenvalue weighted by molar-refractivity contribution is 8.26. The lowest BCUT2D eigenvalue weighted by Crippen LogP contribution is -2.38. The minimum Gasteiger partial charge on any atom is -0.492 e. The largest absolute Gasteiger partial charge is 0.492 e. The molecule has 0 aliphatic carbocycles. The van der Waals surface area contributed by atoms with Crippen molar-refractivity contribution in [3.8, 4) is 28.3 Å². The average molecular weight is 669 g/mol. The van der Waals surface area contributed by atoms with Crippen LogP contribution in [0.5, 0.6) is 5.75 Å². The van der Waals surface area contributed by atoms with Crippen LogP contribution in [0.2, 0.25) is 0 Å². The van der Waals surface area contributed by atoms with E-state index in [0.29, 0.717) is 51.8 Å². The summed E-state index contributed by atoms with van der Waals surface area (Å²) in [5, 5.41) is 9.15. The van der Waals surface area contributed by atoms with Gasteiger partial charge < -0.3 is 20.3 Å². The highest BCUT2D eigenvalue weighted by atomic mass is 32.2. The number of rotatable bonds is 11. The van der Waals surface area contributed by atoms with E-state index in [1.54, 1.807) is 53.8 Å². The molecule has 4 aromatic rings. The summed E-state index contributed by atoms with van der Waals surface area (Å²) in [5.41, 5.74) is 10.2. The molecule has 2 aromatic carbocycles. The first-order valence-electron chi connectivity index (χ1n) is 15.0. The van der Waals surface area contributed by atoms with E-state index >= 15 is 0 Å². The molecule has 240 valence electrons. The number of carbonyl (C=O) groups is 2. The first kappa shape index (κ1) is 32.3. The molecule has 2 saturated heterocycles. The molecular formula is C34H32N6O5S2. The molecule has 0 radical (unpaired) electrons. The number of aromatic carboxylic acids is 1. The Labute approximate surface area is 281 Å². The molecule has 1 amide bonds. The van der Waals surface area contributed by atoms with Gasteiger partial charge in [0.05, 0.1) is 23.7 Å². The van der Waals surface area contributed by atoms with Crippen molar-refractivity contribution in [1.82, 2.24) is 24.8 Å². The third-order valence-corrected chi connectivity index (χ3v) is 9.13. The van der Waals surface area contributed by atoms with Gasteiger partial charge in [-0.05, 0) is 60.0 Å². The molecule has 2 aromatic heterocycles. The molecule has 0 spiro atoms. The summed E-state index contributed by atoms with van der Waals surface area (Å²) in [4.78, 5) is 42.2. The number of carboxylic acids is 1. The maximum absolute atomic E-state index is 13.4. The number of benzene rings is 2. The lowest BCUT2D eigenvalue weighted by atomic mass is 10.0. The summed E-state index contributed by atoms with van der Waals surface area (Å²) >= 11 is 6.82. The van der Waals surface area contributed by atoms with E-state index in [2.05, 4.69) is 19.9 Å². The van der Waals surface area contributed by atoms with Crippen LogP contribution in [0.3, 0.4) is 0 Å². The Kier molecular flexibility index (Phi) is 10.2. The van der Waals surface area contributed by atoms with Crippen molar-refractivity contribution in [2.45, 2.75) is 6.42 Å². The van der Waals surface area contributed by atoms with E-state index in [1.807, 2.05) is 30.3 Å². The number of carboxylic acid groups (broad SMARTS) is 1. The number of anilines is 1. The van der Waals surface area contributed by atoms with Gasteiger partial charge in [0.2, 0.25) is 0 Å². The minimum atomic E-state index is -0.978. The van der Waals surface area contributed by atoms with Crippen LogP contribution in [0, 0.1) is 0 Å². The maximum atomic E-state index is 13.4. The van der Waals surface area contributed by atoms with Crippen LogP contribution in [-0.2, 0) is 16.0 Å². The zero-order valence-corrected chi connectivity index (χ0v) is 27.0. The number of carbonyl (C=O) groups excluding carboxylic acids is 1. The molecule has 47 heavy (non-hydrogen) atoms. The Bertz CT molecular complexity index is 1830. The molecule has 0 bridgehead atoms. The van der Waals surface area contributed by atoms with Gasteiger partial charge in [0.15, 0.2) is 5.82 Å². The third-order valence-electron chi connectivity index (χ3n) is 7.75. The van der Waals surface area contributed by atoms with Crippen molar-refractivity contribution in [2.24, 2.45) is 0 Å². The van der Waals surface area contributed by atoms with Crippen molar-refractivity contribution in [2.75, 3.05) is 51.7 Å². The number of hydrogen-bond donors (Lipinski definition) is 2. The number of thiocarbonyl (C=S) groups is 1. The number of amides is 1. The van der Waals surface area contributed by atoms with Crippen molar-refractivity contribution in [3.63, 3.8) is 0 Å². The Morgan fingerprint density at radius 3 is 2.62 bits per heavy atom. The minimum absolute atomic E-state index is 0.169. The van der Waals surface area contributed by atoms with Crippen molar-refractivity contribution in [3.05, 3.63) is 94.8 Å². The standard InChI is InChI=1S/C34H32N6O5S2/c35-30-7-9-37-31(38-30)26-19-25(20-36-21-26)27-17-23(3-6-28(27)45-16-13-39-11-14-44-15-12-39)18-29-32(41)40(34(46)47-29)10-8-22-1-4-24(5-2-22)33(42)43/h1-7,9,17-21H,8,10-16H2,(H,42,43)(H2,35,37,38). The molecule has 11 nitrogen and oxygen atoms in total. The summed E-state index contributed by atoms with van der Waals surface area (Å²) < 4.78 is 12.3. The summed E-state index contributed by atoms with van der Waals surface area (Å²) in [7, 11) is 0. The van der Waals surface area contributed by atoms with Gasteiger partial charge in [0.25, 0.3) is 5.91 Å². The fraction of sp³-hybridized carbons (Fsp3) is 0.235. The molecule has 0 unspecified atom stereocenters. The number of thioether (sulfide) groups is 1. The molecule has 2 aliphatic heterocycles. The zero-order chi connectivity index (χ0) is 32.8.